The molecule has 5 atom stereocenters. The average Bonchev–Trinajstić information content (AvgIpc) is 2.48. The molecule has 120 valence electrons. The summed E-state index contributed by atoms with van der Waals surface area (Å²) in [5, 5.41) is 14.1. The quantitative estimate of drug-likeness (QED) is 0.735. The summed E-state index contributed by atoms with van der Waals surface area (Å²) in [6.45, 7) is 4.66. The Kier molecular flexibility index (Phi) is 3.95. The molecule has 1 aliphatic carbocycles. The van der Waals surface area contributed by atoms with Crippen LogP contribution in [-0.4, -0.2) is 53.5 Å². The molecule has 5 nitrogen and oxygen atoms in total. The number of rotatable bonds is 2. The maximum Gasteiger partial charge on any atom is 0.246 e. The third-order valence-corrected chi connectivity index (χ3v) is 5.34. The van der Waals surface area contributed by atoms with E-state index in [1.54, 1.807) is 13.1 Å². The van der Waals surface area contributed by atoms with Crippen LogP contribution in [0.15, 0.2) is 23.3 Å². The van der Waals surface area contributed by atoms with E-state index in [4.69, 9.17) is 0 Å². The molecule has 3 rings (SSSR count). The second kappa shape index (κ2) is 5.63. The summed E-state index contributed by atoms with van der Waals surface area (Å²) in [6.07, 6.45) is 4.51. The van der Waals surface area contributed by atoms with Gasteiger partial charge in [0, 0.05) is 25.7 Å². The third kappa shape index (κ3) is 2.15. The first-order valence-corrected chi connectivity index (χ1v) is 8.06. The Morgan fingerprint density at radius 2 is 2.09 bits per heavy atom. The van der Waals surface area contributed by atoms with Crippen LogP contribution in [0.3, 0.4) is 0 Å². The van der Waals surface area contributed by atoms with E-state index < -0.39 is 12.1 Å². The van der Waals surface area contributed by atoms with Crippen molar-refractivity contribution in [2.45, 2.75) is 44.9 Å². The van der Waals surface area contributed by atoms with Crippen LogP contribution in [0.25, 0.3) is 0 Å². The number of amides is 1. The lowest BCUT2D eigenvalue weighted by Crippen LogP contribution is -2.68. The van der Waals surface area contributed by atoms with Gasteiger partial charge in [-0.15, -0.1) is 0 Å². The average molecular weight is 304 g/mol. The molecule has 0 spiro atoms. The molecule has 0 bridgehead atoms. The van der Waals surface area contributed by atoms with E-state index in [2.05, 4.69) is 5.32 Å². The van der Waals surface area contributed by atoms with Crippen LogP contribution in [0.5, 0.6) is 0 Å². The molecule has 5 unspecified atom stereocenters. The number of carbonyl (C=O) groups is 2. The van der Waals surface area contributed by atoms with Crippen LogP contribution in [0.4, 0.5) is 0 Å². The van der Waals surface area contributed by atoms with Gasteiger partial charge in [-0.1, -0.05) is 30.6 Å². The highest BCUT2D eigenvalue weighted by Gasteiger charge is 2.54. The van der Waals surface area contributed by atoms with Crippen molar-refractivity contribution in [3.05, 3.63) is 23.3 Å². The largest absolute Gasteiger partial charge is 0.389 e. The molecule has 22 heavy (non-hydrogen) atoms. The van der Waals surface area contributed by atoms with Gasteiger partial charge < -0.3 is 15.3 Å². The molecular weight excluding hydrogens is 280 g/mol. The van der Waals surface area contributed by atoms with Crippen molar-refractivity contribution in [3.8, 4) is 0 Å². The van der Waals surface area contributed by atoms with Gasteiger partial charge in [0.15, 0.2) is 5.78 Å². The monoisotopic (exact) mass is 304 g/mol. The molecule has 1 saturated carbocycles. The van der Waals surface area contributed by atoms with Gasteiger partial charge in [0.1, 0.15) is 0 Å². The molecule has 2 N–H and O–H groups in total. The van der Waals surface area contributed by atoms with Crippen molar-refractivity contribution in [2.24, 2.45) is 11.8 Å². The topological polar surface area (TPSA) is 69.6 Å². The van der Waals surface area contributed by atoms with Crippen molar-refractivity contribution < 1.29 is 14.7 Å². The Balaban J connectivity index is 2.06. The zero-order valence-electron chi connectivity index (χ0n) is 13.4. The minimum absolute atomic E-state index is 0.113. The molecule has 0 aromatic carbocycles. The normalized spacial score (nSPS) is 38.2. The van der Waals surface area contributed by atoms with Crippen LogP contribution in [0.1, 0.15) is 26.7 Å². The first-order chi connectivity index (χ1) is 10.5. The minimum Gasteiger partial charge on any atom is -0.389 e. The maximum absolute atomic E-state index is 13.1. The van der Waals surface area contributed by atoms with Crippen molar-refractivity contribution in [2.75, 3.05) is 13.6 Å². The van der Waals surface area contributed by atoms with Crippen molar-refractivity contribution >= 4 is 11.7 Å². The molecule has 2 aliphatic heterocycles. The van der Waals surface area contributed by atoms with Crippen molar-refractivity contribution in [1.82, 2.24) is 10.2 Å². The van der Waals surface area contributed by atoms with Gasteiger partial charge in [0.25, 0.3) is 0 Å². The van der Waals surface area contributed by atoms with Gasteiger partial charge >= 0.3 is 0 Å². The predicted molar refractivity (Wildman–Crippen MR) is 83.1 cm³/mol. The van der Waals surface area contributed by atoms with E-state index in [-0.39, 0.29) is 29.6 Å². The summed E-state index contributed by atoms with van der Waals surface area (Å²) in [6, 6.07) is -0.749. The van der Waals surface area contributed by atoms with Crippen LogP contribution in [-0.2, 0) is 9.59 Å². The third-order valence-electron chi connectivity index (χ3n) is 5.34. The Hall–Kier alpha value is -1.46. The van der Waals surface area contributed by atoms with E-state index in [1.807, 2.05) is 19.9 Å². The standard InChI is InChI=1S/C17H24N2O3/c1-4-5-10-8-11(20)19(3)15-13(10)16(21)12-9(2)6-7-18-14(12)17(15)22/h6,8,12-15,17-18,22H,4-5,7H2,1-3H3. The first-order valence-electron chi connectivity index (χ1n) is 8.06. The fourth-order valence-electron chi connectivity index (χ4n) is 4.24. The molecule has 0 aromatic heterocycles. The number of carbonyl (C=O) groups excluding carboxylic acids is 2. The van der Waals surface area contributed by atoms with Gasteiger partial charge in [-0.3, -0.25) is 9.59 Å². The van der Waals surface area contributed by atoms with Crippen LogP contribution in [0, 0.1) is 11.8 Å². The number of aliphatic hydroxyl groups excluding tert-OH is 1. The Morgan fingerprint density at radius 3 is 2.77 bits per heavy atom. The summed E-state index contributed by atoms with van der Waals surface area (Å²) in [5.41, 5.74) is 1.91. The Labute approximate surface area is 131 Å². The van der Waals surface area contributed by atoms with Gasteiger partial charge in [-0.2, -0.15) is 0 Å². The van der Waals surface area contributed by atoms with Gasteiger partial charge in [0.05, 0.1) is 24.0 Å². The summed E-state index contributed by atoms with van der Waals surface area (Å²) >= 11 is 0. The molecule has 3 aliphatic rings. The second-order valence-electron chi connectivity index (χ2n) is 6.64. The van der Waals surface area contributed by atoms with E-state index >= 15 is 0 Å². The highest BCUT2D eigenvalue weighted by Crippen LogP contribution is 2.41. The number of nitrogens with zero attached hydrogens (tertiary/aromatic N) is 1. The lowest BCUT2D eigenvalue weighted by atomic mass is 9.64. The summed E-state index contributed by atoms with van der Waals surface area (Å²) in [7, 11) is 1.68. The van der Waals surface area contributed by atoms with Crippen molar-refractivity contribution in [1.29, 1.82) is 0 Å². The summed E-state index contributed by atoms with van der Waals surface area (Å²) < 4.78 is 0. The predicted octanol–water partition coefficient (Wildman–Crippen LogP) is 0.648. The lowest BCUT2D eigenvalue weighted by molar-refractivity contribution is -0.145. The number of Topliss-reactive ketones (excluding diaryl/α,β-unsaturated/α-hetero) is 1. The smallest absolute Gasteiger partial charge is 0.246 e. The van der Waals surface area contributed by atoms with E-state index in [0.29, 0.717) is 6.54 Å². The molecule has 1 fully saturated rings. The van der Waals surface area contributed by atoms with E-state index in [9.17, 15) is 14.7 Å². The number of likely N-dealkylation sites (N-methyl/N-ethyl adjacent to an activating group) is 1. The fourth-order valence-corrected chi connectivity index (χ4v) is 4.24. The summed E-state index contributed by atoms with van der Waals surface area (Å²) in [5.74, 6) is -0.632. The van der Waals surface area contributed by atoms with Gasteiger partial charge in [-0.05, 0) is 13.3 Å². The zero-order valence-corrected chi connectivity index (χ0v) is 13.4. The van der Waals surface area contributed by atoms with Crippen LogP contribution < -0.4 is 5.32 Å². The molecule has 0 aromatic rings. The molecule has 1 amide bonds. The Bertz CT molecular complexity index is 566. The molecule has 5 heteroatoms. The summed E-state index contributed by atoms with van der Waals surface area (Å²) in [4.78, 5) is 26.9. The highest BCUT2D eigenvalue weighted by atomic mass is 16.3. The molecule has 0 radical (unpaired) electrons. The van der Waals surface area contributed by atoms with Crippen LogP contribution in [0.2, 0.25) is 0 Å². The zero-order chi connectivity index (χ0) is 16.0. The molecular formula is C17H24N2O3. The van der Waals surface area contributed by atoms with E-state index in [0.717, 1.165) is 24.0 Å². The number of nitrogens with one attached hydrogen (secondary N) is 1. The van der Waals surface area contributed by atoms with Gasteiger partial charge in [0.2, 0.25) is 5.91 Å². The highest BCUT2D eigenvalue weighted by molar-refractivity contribution is 5.97. The van der Waals surface area contributed by atoms with Gasteiger partial charge in [-0.25, -0.2) is 0 Å². The number of hydrogen-bond acceptors (Lipinski definition) is 4. The molecule has 0 saturated heterocycles. The first kappa shape index (κ1) is 15.4. The fraction of sp³-hybridized carbons (Fsp3) is 0.647. The molecule has 2 heterocycles. The maximum atomic E-state index is 13.1. The Morgan fingerprint density at radius 1 is 1.36 bits per heavy atom. The SMILES string of the molecule is CCCC1=CC(=O)N(C)C2C1C(=O)C1C(C)=CCNC1C2O. The number of aliphatic hydroxyl groups is 1. The van der Waals surface area contributed by atoms with Crippen molar-refractivity contribution in [3.63, 3.8) is 0 Å². The number of hydrogen-bond donors (Lipinski definition) is 2. The number of ketones is 1. The number of fused-ring (bicyclic) bond motifs is 2. The minimum atomic E-state index is -0.731. The second-order valence-corrected chi connectivity index (χ2v) is 6.64. The van der Waals surface area contributed by atoms with Crippen LogP contribution >= 0.6 is 0 Å². The van der Waals surface area contributed by atoms with E-state index in [1.165, 1.54) is 4.90 Å². The lowest BCUT2D eigenvalue weighted by Gasteiger charge is -2.51.